The smallest absolute Gasteiger partial charge is 0.0449 e. The molecule has 1 atom stereocenters. The number of hydrogen-bond donors (Lipinski definition) is 0. The molecule has 0 fully saturated rings. The Hall–Kier alpha value is -0.303. The standard InChI is InChI=1S/C15H23Si/c1-16(2)13-7-8-15-12(10-13)9-11-5-3-4-6-14(11)15/h13H,3-10H2,1-2H3. The zero-order valence-electron chi connectivity index (χ0n) is 10.7. The fourth-order valence-electron chi connectivity index (χ4n) is 3.84. The first kappa shape index (κ1) is 10.8. The molecule has 0 aliphatic heterocycles. The van der Waals surface area contributed by atoms with E-state index in [9.17, 15) is 0 Å². The molecular formula is C15H23Si. The van der Waals surface area contributed by atoms with Gasteiger partial charge in [-0.25, -0.2) is 0 Å². The summed E-state index contributed by atoms with van der Waals surface area (Å²) in [5, 5.41) is 0. The minimum absolute atomic E-state index is 0.0578. The molecule has 0 amide bonds. The third-order valence-corrected chi connectivity index (χ3v) is 6.98. The zero-order chi connectivity index (χ0) is 11.1. The van der Waals surface area contributed by atoms with Crippen molar-refractivity contribution in [2.75, 3.05) is 0 Å². The van der Waals surface area contributed by atoms with Gasteiger partial charge in [0, 0.05) is 8.80 Å². The Bertz CT molecular complexity index is 360. The van der Waals surface area contributed by atoms with Gasteiger partial charge in [-0.1, -0.05) is 24.2 Å². The van der Waals surface area contributed by atoms with Gasteiger partial charge in [-0.3, -0.25) is 0 Å². The summed E-state index contributed by atoms with van der Waals surface area (Å²) in [6, 6.07) is 0. The summed E-state index contributed by atoms with van der Waals surface area (Å²) in [6.07, 6.45) is 11.5. The van der Waals surface area contributed by atoms with Crippen molar-refractivity contribution in [2.24, 2.45) is 0 Å². The molecule has 0 saturated carbocycles. The predicted molar refractivity (Wildman–Crippen MR) is 72.2 cm³/mol. The molecule has 0 spiro atoms. The van der Waals surface area contributed by atoms with Gasteiger partial charge in [0.1, 0.15) is 0 Å². The quantitative estimate of drug-likeness (QED) is 0.565. The molecule has 0 aromatic heterocycles. The summed E-state index contributed by atoms with van der Waals surface area (Å²) < 4.78 is 0. The number of fused-ring (bicyclic) bond motifs is 1. The highest BCUT2D eigenvalue weighted by atomic mass is 28.3. The van der Waals surface area contributed by atoms with Gasteiger partial charge >= 0.3 is 0 Å². The van der Waals surface area contributed by atoms with E-state index in [1.807, 2.05) is 22.3 Å². The Morgan fingerprint density at radius 1 is 0.938 bits per heavy atom. The third kappa shape index (κ3) is 1.73. The van der Waals surface area contributed by atoms with Gasteiger partial charge in [0.25, 0.3) is 0 Å². The first-order valence-corrected chi connectivity index (χ1v) is 9.55. The third-order valence-electron chi connectivity index (χ3n) is 4.85. The Balaban J connectivity index is 1.81. The molecule has 0 nitrogen and oxygen atoms in total. The maximum atomic E-state index is 2.50. The van der Waals surface area contributed by atoms with Crippen molar-refractivity contribution in [1.82, 2.24) is 0 Å². The van der Waals surface area contributed by atoms with E-state index in [-0.39, 0.29) is 8.80 Å². The van der Waals surface area contributed by atoms with Crippen LogP contribution in [0.1, 0.15) is 51.4 Å². The first-order chi connectivity index (χ1) is 7.75. The fraction of sp³-hybridized carbons (Fsp3) is 0.733. The molecule has 3 rings (SSSR count). The van der Waals surface area contributed by atoms with Crippen molar-refractivity contribution < 1.29 is 0 Å². The van der Waals surface area contributed by atoms with E-state index >= 15 is 0 Å². The Kier molecular flexibility index (Phi) is 2.83. The van der Waals surface area contributed by atoms with Gasteiger partial charge in [0.05, 0.1) is 0 Å². The van der Waals surface area contributed by atoms with E-state index in [1.165, 1.54) is 51.4 Å². The normalized spacial score (nSPS) is 29.8. The van der Waals surface area contributed by atoms with Crippen LogP contribution in [0.2, 0.25) is 18.6 Å². The van der Waals surface area contributed by atoms with Crippen LogP contribution in [-0.4, -0.2) is 8.80 Å². The van der Waals surface area contributed by atoms with Crippen LogP contribution in [0.3, 0.4) is 0 Å². The van der Waals surface area contributed by atoms with Crippen molar-refractivity contribution in [3.63, 3.8) is 0 Å². The van der Waals surface area contributed by atoms with Crippen molar-refractivity contribution >= 4 is 8.80 Å². The second kappa shape index (κ2) is 4.18. The van der Waals surface area contributed by atoms with Crippen molar-refractivity contribution in [3.05, 3.63) is 22.3 Å². The lowest BCUT2D eigenvalue weighted by molar-refractivity contribution is 0.656. The van der Waals surface area contributed by atoms with E-state index in [2.05, 4.69) is 13.1 Å². The minimum atomic E-state index is -0.0578. The number of allylic oxidation sites excluding steroid dienone is 4. The summed E-state index contributed by atoms with van der Waals surface area (Å²) in [7, 11) is -0.0578. The van der Waals surface area contributed by atoms with E-state index in [0.717, 1.165) is 5.54 Å². The topological polar surface area (TPSA) is 0 Å². The average Bonchev–Trinajstić information content (AvgIpc) is 2.66. The Labute approximate surface area is 101 Å². The summed E-state index contributed by atoms with van der Waals surface area (Å²) in [5.41, 5.74) is 8.47. The highest BCUT2D eigenvalue weighted by Gasteiger charge is 2.31. The van der Waals surface area contributed by atoms with Gasteiger partial charge in [0.2, 0.25) is 0 Å². The molecule has 3 aliphatic carbocycles. The van der Waals surface area contributed by atoms with Gasteiger partial charge in [-0.2, -0.15) is 0 Å². The molecule has 0 heterocycles. The van der Waals surface area contributed by atoms with Crippen molar-refractivity contribution in [2.45, 2.75) is 70.0 Å². The summed E-state index contributed by atoms with van der Waals surface area (Å²) in [6.45, 7) is 5.01. The van der Waals surface area contributed by atoms with Gasteiger partial charge in [0.15, 0.2) is 0 Å². The highest BCUT2D eigenvalue weighted by Crippen LogP contribution is 2.49. The molecular weight excluding hydrogens is 208 g/mol. The SMILES string of the molecule is C[Si](C)C1CCC2=C(CC3=C2CCCC3)C1. The minimum Gasteiger partial charge on any atom is -0.0711 e. The van der Waals surface area contributed by atoms with Gasteiger partial charge in [-0.05, 0) is 68.1 Å². The monoisotopic (exact) mass is 231 g/mol. The van der Waals surface area contributed by atoms with E-state index in [0.29, 0.717) is 0 Å². The average molecular weight is 231 g/mol. The molecule has 0 aromatic rings. The summed E-state index contributed by atoms with van der Waals surface area (Å²) in [4.78, 5) is 0. The molecule has 1 unspecified atom stereocenters. The second-order valence-electron chi connectivity index (χ2n) is 6.07. The molecule has 0 aromatic carbocycles. The predicted octanol–water partition coefficient (Wildman–Crippen LogP) is 4.87. The molecule has 16 heavy (non-hydrogen) atoms. The van der Waals surface area contributed by atoms with Crippen molar-refractivity contribution in [1.29, 1.82) is 0 Å². The summed E-state index contributed by atoms with van der Waals surface area (Å²) in [5.74, 6) is 0. The fourth-order valence-corrected chi connectivity index (χ4v) is 5.22. The van der Waals surface area contributed by atoms with Crippen LogP contribution in [0.4, 0.5) is 0 Å². The van der Waals surface area contributed by atoms with Crippen LogP contribution in [-0.2, 0) is 0 Å². The van der Waals surface area contributed by atoms with Crippen molar-refractivity contribution in [3.8, 4) is 0 Å². The molecule has 0 N–H and O–H groups in total. The van der Waals surface area contributed by atoms with Crippen LogP contribution < -0.4 is 0 Å². The first-order valence-electron chi connectivity index (χ1n) is 6.98. The van der Waals surface area contributed by atoms with Gasteiger partial charge in [-0.15, -0.1) is 0 Å². The highest BCUT2D eigenvalue weighted by molar-refractivity contribution is 6.57. The largest absolute Gasteiger partial charge is 0.0711 e. The van der Waals surface area contributed by atoms with Gasteiger partial charge < -0.3 is 0 Å². The molecule has 0 saturated heterocycles. The van der Waals surface area contributed by atoms with Crippen LogP contribution in [0.15, 0.2) is 22.3 Å². The Morgan fingerprint density at radius 2 is 1.69 bits per heavy atom. The lowest BCUT2D eigenvalue weighted by atomic mass is 9.87. The van der Waals surface area contributed by atoms with E-state index in [4.69, 9.17) is 0 Å². The maximum absolute atomic E-state index is 2.50. The molecule has 1 radical (unpaired) electrons. The second-order valence-corrected chi connectivity index (χ2v) is 9.04. The van der Waals surface area contributed by atoms with Crippen LogP contribution >= 0.6 is 0 Å². The van der Waals surface area contributed by atoms with E-state index < -0.39 is 0 Å². The number of rotatable bonds is 1. The van der Waals surface area contributed by atoms with Crippen LogP contribution in [0.25, 0.3) is 0 Å². The van der Waals surface area contributed by atoms with Crippen LogP contribution in [0.5, 0.6) is 0 Å². The molecule has 0 bridgehead atoms. The molecule has 3 aliphatic rings. The lowest BCUT2D eigenvalue weighted by Gasteiger charge is -2.27. The molecule has 87 valence electrons. The van der Waals surface area contributed by atoms with Crippen LogP contribution in [0, 0.1) is 0 Å². The maximum Gasteiger partial charge on any atom is 0.0449 e. The number of hydrogen-bond acceptors (Lipinski definition) is 0. The zero-order valence-corrected chi connectivity index (χ0v) is 11.7. The lowest BCUT2D eigenvalue weighted by Crippen LogP contribution is -2.16. The Morgan fingerprint density at radius 3 is 2.50 bits per heavy atom. The molecule has 1 heteroatoms. The van der Waals surface area contributed by atoms with E-state index in [1.54, 1.807) is 0 Å². The summed E-state index contributed by atoms with van der Waals surface area (Å²) >= 11 is 0.